The van der Waals surface area contributed by atoms with Crippen LogP contribution in [-0.4, -0.2) is 28.1 Å². The quantitative estimate of drug-likeness (QED) is 0.734. The third-order valence-electron chi connectivity index (χ3n) is 9.01. The Hall–Kier alpha value is -1.16. The molecule has 0 radical (unpaired) electrons. The number of aliphatic hydroxyl groups excluding tert-OH is 1. The Balaban J connectivity index is 1.72. The molecule has 0 aliphatic heterocycles. The van der Waals surface area contributed by atoms with Crippen molar-refractivity contribution in [2.75, 3.05) is 0 Å². The normalized spacial score (nSPS) is 50.2. The second-order valence-corrected chi connectivity index (χ2v) is 9.89. The van der Waals surface area contributed by atoms with E-state index < -0.39 is 18.0 Å². The van der Waals surface area contributed by atoms with E-state index in [-0.39, 0.29) is 16.7 Å². The van der Waals surface area contributed by atoms with Crippen LogP contribution >= 0.6 is 0 Å². The Kier molecular flexibility index (Phi) is 4.15. The number of carbonyl (C=O) groups excluding carboxylic acids is 1. The third-order valence-corrected chi connectivity index (χ3v) is 9.01. The number of aliphatic carboxylic acids is 1. The number of allylic oxidation sites excluding steroid dienone is 1. The van der Waals surface area contributed by atoms with E-state index in [1.54, 1.807) is 6.92 Å². The molecule has 4 rings (SSSR count). The van der Waals surface area contributed by atoms with Crippen LogP contribution < -0.4 is 0 Å². The van der Waals surface area contributed by atoms with Gasteiger partial charge in [-0.25, -0.2) is 0 Å². The fourth-order valence-corrected chi connectivity index (χ4v) is 7.76. The van der Waals surface area contributed by atoms with Crippen molar-refractivity contribution in [3.63, 3.8) is 0 Å². The molecule has 8 unspecified atom stereocenters. The first-order valence-corrected chi connectivity index (χ1v) is 10.3. The monoisotopic (exact) mass is 360 g/mol. The van der Waals surface area contributed by atoms with Crippen molar-refractivity contribution < 1.29 is 19.8 Å². The lowest BCUT2D eigenvalue weighted by atomic mass is 9.45. The zero-order valence-corrected chi connectivity index (χ0v) is 16.2. The number of rotatable bonds is 2. The van der Waals surface area contributed by atoms with Crippen LogP contribution in [0.2, 0.25) is 0 Å². The van der Waals surface area contributed by atoms with E-state index >= 15 is 0 Å². The zero-order valence-electron chi connectivity index (χ0n) is 16.2. The highest BCUT2D eigenvalue weighted by atomic mass is 16.4. The number of ketones is 1. The molecular formula is C22H32O4. The van der Waals surface area contributed by atoms with Gasteiger partial charge in [0.25, 0.3) is 0 Å². The summed E-state index contributed by atoms with van der Waals surface area (Å²) >= 11 is 0. The van der Waals surface area contributed by atoms with Crippen molar-refractivity contribution >= 4 is 11.8 Å². The summed E-state index contributed by atoms with van der Waals surface area (Å²) in [6.07, 6.45) is 7.83. The van der Waals surface area contributed by atoms with E-state index in [4.69, 9.17) is 0 Å². The van der Waals surface area contributed by atoms with Crippen LogP contribution in [0.25, 0.3) is 0 Å². The van der Waals surface area contributed by atoms with Crippen molar-refractivity contribution in [1.29, 1.82) is 0 Å². The highest BCUT2D eigenvalue weighted by Gasteiger charge is 2.62. The molecule has 8 atom stereocenters. The minimum Gasteiger partial charge on any atom is -0.481 e. The summed E-state index contributed by atoms with van der Waals surface area (Å²) < 4.78 is 0. The van der Waals surface area contributed by atoms with E-state index in [0.717, 1.165) is 32.1 Å². The minimum atomic E-state index is -0.765. The topological polar surface area (TPSA) is 74.6 Å². The van der Waals surface area contributed by atoms with E-state index in [2.05, 4.69) is 19.9 Å². The number of carboxylic acid groups (broad SMARTS) is 1. The van der Waals surface area contributed by atoms with Gasteiger partial charge in [0.05, 0.1) is 12.0 Å². The molecule has 0 amide bonds. The molecule has 2 N–H and O–H groups in total. The Morgan fingerprint density at radius 1 is 1.12 bits per heavy atom. The van der Waals surface area contributed by atoms with Crippen LogP contribution in [-0.2, 0) is 9.59 Å². The van der Waals surface area contributed by atoms with Crippen molar-refractivity contribution in [1.82, 2.24) is 0 Å². The molecule has 144 valence electrons. The number of aliphatic hydroxyl groups is 1. The fourth-order valence-electron chi connectivity index (χ4n) is 7.76. The van der Waals surface area contributed by atoms with Crippen LogP contribution in [0, 0.1) is 40.4 Å². The molecule has 4 nitrogen and oxygen atoms in total. The summed E-state index contributed by atoms with van der Waals surface area (Å²) in [4.78, 5) is 24.3. The van der Waals surface area contributed by atoms with Gasteiger partial charge in [-0.1, -0.05) is 25.5 Å². The highest BCUT2D eigenvalue weighted by Crippen LogP contribution is 2.67. The first kappa shape index (κ1) is 18.2. The van der Waals surface area contributed by atoms with Crippen LogP contribution in [0.5, 0.6) is 0 Å². The van der Waals surface area contributed by atoms with Crippen LogP contribution in [0.3, 0.4) is 0 Å². The molecule has 0 saturated heterocycles. The fraction of sp³-hybridized carbons (Fsp3) is 0.818. The Morgan fingerprint density at radius 3 is 2.50 bits per heavy atom. The van der Waals surface area contributed by atoms with Crippen molar-refractivity contribution in [2.45, 2.75) is 71.8 Å². The summed E-state index contributed by atoms with van der Waals surface area (Å²) in [5.74, 6) is 0.597. The average molecular weight is 360 g/mol. The predicted molar refractivity (Wildman–Crippen MR) is 98.4 cm³/mol. The molecule has 0 bridgehead atoms. The highest BCUT2D eigenvalue weighted by molar-refractivity contribution is 5.79. The van der Waals surface area contributed by atoms with Gasteiger partial charge in [-0.15, -0.1) is 0 Å². The lowest BCUT2D eigenvalue weighted by Crippen LogP contribution is -2.55. The molecule has 0 spiro atoms. The van der Waals surface area contributed by atoms with Crippen LogP contribution in [0.4, 0.5) is 0 Å². The SMILES string of the molecule is CC(=O)C1CCC2C3CC=C4CC(O)CC(C(=O)O)C4(C)C3CCC12C. The number of hydrogen-bond donors (Lipinski definition) is 2. The van der Waals surface area contributed by atoms with Gasteiger partial charge in [-0.2, -0.15) is 0 Å². The standard InChI is InChI=1S/C22H32O4/c1-12(23)16-6-7-17-15-5-4-13-10-14(24)11-19(20(25)26)22(13,3)18(15)8-9-21(16,17)2/h4,14-19,24H,5-11H2,1-3H3,(H,25,26). The molecule has 0 aromatic heterocycles. The second kappa shape index (κ2) is 5.92. The average Bonchev–Trinajstić information content (AvgIpc) is 2.92. The largest absolute Gasteiger partial charge is 0.481 e. The second-order valence-electron chi connectivity index (χ2n) is 9.89. The maximum absolute atomic E-state index is 12.2. The molecule has 4 aliphatic carbocycles. The molecule has 0 aromatic rings. The number of fused-ring (bicyclic) bond motifs is 5. The van der Waals surface area contributed by atoms with Crippen molar-refractivity contribution in [3.8, 4) is 0 Å². The lowest BCUT2D eigenvalue weighted by Gasteiger charge is -2.59. The van der Waals surface area contributed by atoms with Crippen LogP contribution in [0.1, 0.15) is 65.7 Å². The van der Waals surface area contributed by atoms with Gasteiger partial charge in [-0.05, 0) is 75.0 Å². The predicted octanol–water partition coefficient (Wildman–Crippen LogP) is 3.83. The lowest BCUT2D eigenvalue weighted by molar-refractivity contribution is -0.155. The zero-order chi connectivity index (χ0) is 18.9. The van der Waals surface area contributed by atoms with Gasteiger partial charge < -0.3 is 10.2 Å². The smallest absolute Gasteiger partial charge is 0.307 e. The number of carboxylic acids is 1. The summed E-state index contributed by atoms with van der Waals surface area (Å²) in [7, 11) is 0. The molecule has 4 aliphatic rings. The van der Waals surface area contributed by atoms with Gasteiger partial charge in [0.1, 0.15) is 5.78 Å². The van der Waals surface area contributed by atoms with Crippen molar-refractivity contribution in [2.24, 2.45) is 40.4 Å². The van der Waals surface area contributed by atoms with E-state index in [9.17, 15) is 19.8 Å². The first-order chi connectivity index (χ1) is 12.2. The van der Waals surface area contributed by atoms with Crippen molar-refractivity contribution in [3.05, 3.63) is 11.6 Å². The number of carbonyl (C=O) groups is 2. The van der Waals surface area contributed by atoms with Gasteiger partial charge in [0.2, 0.25) is 0 Å². The molecule has 3 saturated carbocycles. The summed E-state index contributed by atoms with van der Waals surface area (Å²) in [6, 6.07) is 0. The van der Waals surface area contributed by atoms with Gasteiger partial charge in [-0.3, -0.25) is 9.59 Å². The maximum Gasteiger partial charge on any atom is 0.307 e. The first-order valence-electron chi connectivity index (χ1n) is 10.3. The number of Topliss-reactive ketones (excluding diaryl/α,β-unsaturated/α-hetero) is 1. The molecule has 26 heavy (non-hydrogen) atoms. The molecule has 4 heteroatoms. The van der Waals surface area contributed by atoms with Gasteiger partial charge in [0, 0.05) is 11.3 Å². The van der Waals surface area contributed by atoms with E-state index in [1.165, 1.54) is 5.57 Å². The van der Waals surface area contributed by atoms with Gasteiger partial charge in [0.15, 0.2) is 0 Å². The van der Waals surface area contributed by atoms with E-state index in [0.29, 0.717) is 36.4 Å². The molecular weight excluding hydrogens is 328 g/mol. The van der Waals surface area contributed by atoms with Crippen LogP contribution in [0.15, 0.2) is 11.6 Å². The Morgan fingerprint density at radius 2 is 1.85 bits per heavy atom. The Labute approximate surface area is 156 Å². The molecule has 0 aromatic carbocycles. The Bertz CT molecular complexity index is 667. The third kappa shape index (κ3) is 2.30. The van der Waals surface area contributed by atoms with Gasteiger partial charge >= 0.3 is 5.97 Å². The maximum atomic E-state index is 12.2. The summed E-state index contributed by atoms with van der Waals surface area (Å²) in [6.45, 7) is 6.21. The molecule has 3 fully saturated rings. The minimum absolute atomic E-state index is 0.0849. The van der Waals surface area contributed by atoms with E-state index in [1.807, 2.05) is 0 Å². The summed E-state index contributed by atoms with van der Waals surface area (Å²) in [5, 5.41) is 20.1. The number of hydrogen-bond acceptors (Lipinski definition) is 3. The summed E-state index contributed by atoms with van der Waals surface area (Å²) in [5.41, 5.74) is 0.917. The molecule has 0 heterocycles.